The van der Waals surface area contributed by atoms with Crippen LogP contribution in [0, 0.1) is 23.2 Å². The lowest BCUT2D eigenvalue weighted by molar-refractivity contribution is -0.199. The van der Waals surface area contributed by atoms with Crippen molar-refractivity contribution in [3.63, 3.8) is 0 Å². The van der Waals surface area contributed by atoms with Crippen LogP contribution in [0.1, 0.15) is 52.5 Å². The smallest absolute Gasteiger partial charge is 0.472 e. The highest BCUT2D eigenvalue weighted by atomic mass is 79.9. The normalized spacial score (nSPS) is 34.3. The highest BCUT2D eigenvalue weighted by molar-refractivity contribution is 9.10. The SMILES string of the molecule is CCC(COCc1ccc(OC)cc1)C(Br)B1O[C@@H]2C[C@@H]3CC(C3(C)C)[C@]2(C)O1. The molecular weight excluding hydrogens is 431 g/mol. The molecule has 4 fully saturated rings. The molecule has 0 N–H and O–H groups in total. The molecule has 0 aromatic heterocycles. The van der Waals surface area contributed by atoms with E-state index in [1.54, 1.807) is 7.11 Å². The number of methoxy groups -OCH3 is 1. The first-order valence-corrected chi connectivity index (χ1v) is 11.9. The van der Waals surface area contributed by atoms with Crippen LogP contribution in [0.3, 0.4) is 0 Å². The highest BCUT2D eigenvalue weighted by Crippen LogP contribution is 2.66. The minimum atomic E-state index is -0.199. The van der Waals surface area contributed by atoms with E-state index in [0.29, 0.717) is 30.5 Å². The lowest BCUT2D eigenvalue weighted by Crippen LogP contribution is -2.65. The molecule has 4 nitrogen and oxygen atoms in total. The van der Waals surface area contributed by atoms with Crippen LogP contribution < -0.4 is 4.74 Å². The fraction of sp³-hybridized carbons (Fsp3) is 0.739. The summed E-state index contributed by atoms with van der Waals surface area (Å²) >= 11 is 3.91. The summed E-state index contributed by atoms with van der Waals surface area (Å²) in [5, 5.41) is 0. The van der Waals surface area contributed by atoms with E-state index in [9.17, 15) is 0 Å². The largest absolute Gasteiger partial charge is 0.497 e. The Balaban J connectivity index is 1.32. The molecule has 0 amide bonds. The maximum Gasteiger partial charge on any atom is 0.472 e. The number of benzene rings is 1. The van der Waals surface area contributed by atoms with Crippen LogP contribution >= 0.6 is 15.9 Å². The van der Waals surface area contributed by atoms with Gasteiger partial charge in [-0.1, -0.05) is 55.3 Å². The number of rotatable bonds is 8. The minimum absolute atomic E-state index is 0.131. The summed E-state index contributed by atoms with van der Waals surface area (Å²) < 4.78 is 24.5. The van der Waals surface area contributed by atoms with E-state index in [4.69, 9.17) is 18.8 Å². The van der Waals surface area contributed by atoms with Gasteiger partial charge in [-0.2, -0.15) is 0 Å². The maximum absolute atomic E-state index is 6.63. The second kappa shape index (κ2) is 8.18. The van der Waals surface area contributed by atoms with Gasteiger partial charge in [0.2, 0.25) is 0 Å². The molecule has 1 aliphatic heterocycles. The molecule has 3 aliphatic carbocycles. The third-order valence-electron chi connectivity index (χ3n) is 7.96. The van der Waals surface area contributed by atoms with Crippen LogP contribution in [-0.2, 0) is 20.7 Å². The number of hydrogen-bond acceptors (Lipinski definition) is 4. The zero-order valence-electron chi connectivity index (χ0n) is 18.3. The molecule has 1 aromatic carbocycles. The van der Waals surface area contributed by atoms with Gasteiger partial charge in [-0.05, 0) is 60.6 Å². The summed E-state index contributed by atoms with van der Waals surface area (Å²) in [7, 11) is 1.48. The van der Waals surface area contributed by atoms with Crippen molar-refractivity contribution >= 4 is 23.0 Å². The third kappa shape index (κ3) is 3.79. The predicted octanol–water partition coefficient (Wildman–Crippen LogP) is 5.27. The Hall–Kier alpha value is -0.555. The average Bonchev–Trinajstić information content (AvgIpc) is 3.08. The van der Waals surface area contributed by atoms with Crippen molar-refractivity contribution in [2.45, 2.75) is 70.0 Å². The van der Waals surface area contributed by atoms with Gasteiger partial charge in [-0.3, -0.25) is 0 Å². The molecule has 3 saturated carbocycles. The van der Waals surface area contributed by atoms with Gasteiger partial charge < -0.3 is 18.8 Å². The molecule has 160 valence electrons. The van der Waals surface area contributed by atoms with Crippen molar-refractivity contribution in [2.75, 3.05) is 13.7 Å². The summed E-state index contributed by atoms with van der Waals surface area (Å²) in [6, 6.07) is 8.04. The molecule has 3 unspecified atom stereocenters. The van der Waals surface area contributed by atoms with Crippen LogP contribution in [0.4, 0.5) is 0 Å². The molecule has 2 bridgehead atoms. The van der Waals surface area contributed by atoms with Gasteiger partial charge in [0.15, 0.2) is 0 Å². The van der Waals surface area contributed by atoms with Crippen LogP contribution in [0.5, 0.6) is 5.75 Å². The quantitative estimate of drug-likeness (QED) is 0.388. The molecule has 0 spiro atoms. The summed E-state index contributed by atoms with van der Waals surface area (Å²) in [6.45, 7) is 10.6. The zero-order valence-corrected chi connectivity index (χ0v) is 19.9. The Morgan fingerprint density at radius 3 is 2.55 bits per heavy atom. The monoisotopic (exact) mass is 464 g/mol. The first-order valence-electron chi connectivity index (χ1n) is 11.0. The van der Waals surface area contributed by atoms with Gasteiger partial charge in [-0.25, -0.2) is 0 Å². The predicted molar refractivity (Wildman–Crippen MR) is 119 cm³/mol. The van der Waals surface area contributed by atoms with Crippen LogP contribution in [0.2, 0.25) is 0 Å². The van der Waals surface area contributed by atoms with Crippen LogP contribution in [0.25, 0.3) is 0 Å². The van der Waals surface area contributed by atoms with E-state index in [2.05, 4.69) is 43.6 Å². The van der Waals surface area contributed by atoms with E-state index < -0.39 is 0 Å². The number of halogens is 1. The summed E-state index contributed by atoms with van der Waals surface area (Å²) in [5.74, 6) is 2.57. The Morgan fingerprint density at radius 1 is 1.21 bits per heavy atom. The van der Waals surface area contributed by atoms with E-state index in [1.807, 2.05) is 24.3 Å². The second-order valence-electron chi connectivity index (χ2n) is 9.81. The zero-order chi connectivity index (χ0) is 20.8. The van der Waals surface area contributed by atoms with Gasteiger partial charge in [0.25, 0.3) is 0 Å². The molecular formula is C23H34BBrO4. The van der Waals surface area contributed by atoms with Gasteiger partial charge in [0.05, 0.1) is 36.8 Å². The molecule has 1 saturated heterocycles. The van der Waals surface area contributed by atoms with E-state index in [-0.39, 0.29) is 23.5 Å². The first-order chi connectivity index (χ1) is 13.8. The fourth-order valence-electron chi connectivity index (χ4n) is 5.74. The van der Waals surface area contributed by atoms with Gasteiger partial charge in [-0.15, -0.1) is 0 Å². The highest BCUT2D eigenvalue weighted by Gasteiger charge is 2.68. The van der Waals surface area contributed by atoms with Gasteiger partial charge in [0.1, 0.15) is 5.75 Å². The van der Waals surface area contributed by atoms with Crippen molar-refractivity contribution in [2.24, 2.45) is 23.2 Å². The standard InChI is InChI=1S/C23H34BBrO4/c1-6-16(14-27-13-15-7-9-18(26-5)10-8-15)21(25)24-28-20-12-17-11-19(22(17,2)3)23(20,4)29-24/h7-10,16-17,19-21H,6,11-14H2,1-5H3/t16?,17-,19?,20+,21?,23-/m0/s1. The average molecular weight is 465 g/mol. The van der Waals surface area contributed by atoms with Crippen molar-refractivity contribution in [1.29, 1.82) is 0 Å². The maximum atomic E-state index is 6.63. The fourth-order valence-corrected chi connectivity index (χ4v) is 6.50. The topological polar surface area (TPSA) is 36.9 Å². The Morgan fingerprint density at radius 2 is 1.93 bits per heavy atom. The summed E-state index contributed by atoms with van der Waals surface area (Å²) in [5.41, 5.74) is 1.37. The van der Waals surface area contributed by atoms with Gasteiger partial charge >= 0.3 is 7.12 Å². The molecule has 1 aromatic rings. The number of hydrogen-bond donors (Lipinski definition) is 0. The van der Waals surface area contributed by atoms with E-state index >= 15 is 0 Å². The Labute approximate surface area is 184 Å². The van der Waals surface area contributed by atoms with Crippen molar-refractivity contribution in [3.05, 3.63) is 29.8 Å². The van der Waals surface area contributed by atoms with E-state index in [0.717, 1.165) is 30.1 Å². The Bertz CT molecular complexity index is 711. The Kier molecular flexibility index (Phi) is 6.11. The minimum Gasteiger partial charge on any atom is -0.497 e. The van der Waals surface area contributed by atoms with Gasteiger partial charge in [0, 0.05) is 0 Å². The summed E-state index contributed by atoms with van der Waals surface area (Å²) in [4.78, 5) is 0. The van der Waals surface area contributed by atoms with Crippen LogP contribution in [-0.4, -0.2) is 37.3 Å². The van der Waals surface area contributed by atoms with Crippen molar-refractivity contribution in [1.82, 2.24) is 0 Å². The molecule has 0 radical (unpaired) electrons. The molecule has 29 heavy (non-hydrogen) atoms. The molecule has 5 rings (SSSR count). The third-order valence-corrected chi connectivity index (χ3v) is 9.14. The van der Waals surface area contributed by atoms with Crippen LogP contribution in [0.15, 0.2) is 24.3 Å². The van der Waals surface area contributed by atoms with E-state index in [1.165, 1.54) is 6.42 Å². The number of alkyl halides is 1. The molecule has 4 aliphatic rings. The molecule has 6 heteroatoms. The summed E-state index contributed by atoms with van der Waals surface area (Å²) in [6.07, 6.45) is 3.65. The molecule has 6 atom stereocenters. The second-order valence-corrected chi connectivity index (χ2v) is 10.9. The molecule has 1 heterocycles. The lowest BCUT2D eigenvalue weighted by atomic mass is 9.43. The lowest BCUT2D eigenvalue weighted by Gasteiger charge is -2.64. The first kappa shape index (κ1) is 21.7. The van der Waals surface area contributed by atoms with Crippen molar-refractivity contribution in [3.8, 4) is 5.75 Å². The van der Waals surface area contributed by atoms with Crippen molar-refractivity contribution < 1.29 is 18.8 Å². The number of ether oxygens (including phenoxy) is 2.